The number of nitriles is 1. The highest BCUT2D eigenvalue weighted by molar-refractivity contribution is 8.00. The highest BCUT2D eigenvalue weighted by Crippen LogP contribution is 2.26. The third kappa shape index (κ3) is 5.52. The number of aromatic amines is 1. The fourth-order valence-corrected chi connectivity index (χ4v) is 4.11. The Labute approximate surface area is 182 Å². The van der Waals surface area contributed by atoms with Crippen molar-refractivity contribution in [2.45, 2.75) is 44.0 Å². The maximum atomic E-state index is 13.2. The van der Waals surface area contributed by atoms with Crippen LogP contribution in [0.15, 0.2) is 59.8 Å². The number of carbonyl (C=O) groups is 1. The van der Waals surface area contributed by atoms with Gasteiger partial charge >= 0.3 is 0 Å². The van der Waals surface area contributed by atoms with Gasteiger partial charge in [0.15, 0.2) is 5.16 Å². The van der Waals surface area contributed by atoms with Crippen molar-refractivity contribution in [3.8, 4) is 6.07 Å². The van der Waals surface area contributed by atoms with Gasteiger partial charge in [-0.05, 0) is 38.5 Å². The fourth-order valence-electron chi connectivity index (χ4n) is 3.17. The molecule has 0 saturated carbocycles. The molecule has 0 aliphatic carbocycles. The minimum atomic E-state index is -0.333. The van der Waals surface area contributed by atoms with Crippen LogP contribution in [0.3, 0.4) is 0 Å². The molecule has 0 saturated heterocycles. The molecule has 1 amide bonds. The number of aryl methyl sites for hydroxylation is 2. The van der Waals surface area contributed by atoms with E-state index in [1.54, 1.807) is 4.90 Å². The molecule has 1 aromatic heterocycles. The smallest absolute Gasteiger partial charge is 0.240 e. The molecular weight excluding hydrogens is 392 g/mol. The fraction of sp³-hybridized carbons (Fsp3) is 0.292. The lowest BCUT2D eigenvalue weighted by molar-refractivity contribution is -0.117. The summed E-state index contributed by atoms with van der Waals surface area (Å²) >= 11 is 1.42. The van der Waals surface area contributed by atoms with Crippen LogP contribution in [0.1, 0.15) is 35.9 Å². The van der Waals surface area contributed by atoms with Crippen LogP contribution in [0.5, 0.6) is 0 Å². The number of hydrogen-bond donors (Lipinski definition) is 1. The molecule has 3 rings (SSSR count). The number of thioether (sulfide) groups is 1. The average molecular weight is 419 g/mol. The molecule has 5 nitrogen and oxygen atoms in total. The molecule has 1 N–H and O–H groups in total. The molecule has 0 aliphatic rings. The summed E-state index contributed by atoms with van der Waals surface area (Å²) < 4.78 is 0. The number of nitrogens with one attached hydrogen (secondary N) is 1. The van der Waals surface area contributed by atoms with Crippen molar-refractivity contribution < 1.29 is 4.79 Å². The van der Waals surface area contributed by atoms with Gasteiger partial charge in [-0.25, -0.2) is 4.98 Å². The lowest BCUT2D eigenvalue weighted by Gasteiger charge is -2.24. The zero-order chi connectivity index (χ0) is 21.5. The number of imidazole rings is 1. The Balaban J connectivity index is 1.72. The number of carbonyl (C=O) groups excluding carboxylic acids is 1. The van der Waals surface area contributed by atoms with Crippen molar-refractivity contribution in [2.24, 2.45) is 0 Å². The van der Waals surface area contributed by atoms with Crippen LogP contribution in [-0.4, -0.2) is 27.7 Å². The molecule has 30 heavy (non-hydrogen) atoms. The number of amides is 1. The molecular formula is C24H26N4OS. The first-order chi connectivity index (χ1) is 14.5. The van der Waals surface area contributed by atoms with Gasteiger partial charge in [0.25, 0.3) is 0 Å². The Kier molecular flexibility index (Phi) is 7.31. The lowest BCUT2D eigenvalue weighted by Crippen LogP contribution is -2.37. The topological polar surface area (TPSA) is 72.8 Å². The normalized spacial score (nSPS) is 11.7. The van der Waals surface area contributed by atoms with E-state index in [1.165, 1.54) is 17.3 Å². The number of aromatic nitrogens is 2. The molecule has 2 aromatic carbocycles. The Morgan fingerprint density at radius 2 is 1.87 bits per heavy atom. The van der Waals surface area contributed by atoms with Gasteiger partial charge in [-0.15, -0.1) is 0 Å². The summed E-state index contributed by atoms with van der Waals surface area (Å²) in [6.07, 6.45) is 1.04. The van der Waals surface area contributed by atoms with Crippen LogP contribution >= 0.6 is 11.8 Å². The third-order valence-electron chi connectivity index (χ3n) is 4.87. The van der Waals surface area contributed by atoms with Crippen molar-refractivity contribution in [2.75, 3.05) is 11.4 Å². The standard InChI is InChI=1S/C24H26N4OS/c1-17-10-12-21(13-11-17)28(15-7-14-25)23(29)19(3)30-24-26-18(2)22(27-24)16-20-8-5-4-6-9-20/h4-6,8-13,19H,7,15-16H2,1-3H3,(H,26,27). The largest absolute Gasteiger partial charge is 0.337 e. The minimum absolute atomic E-state index is 0.0298. The average Bonchev–Trinajstić information content (AvgIpc) is 3.08. The number of anilines is 1. The Morgan fingerprint density at radius 1 is 1.17 bits per heavy atom. The number of nitrogens with zero attached hydrogens (tertiary/aromatic N) is 3. The monoisotopic (exact) mass is 418 g/mol. The van der Waals surface area contributed by atoms with Gasteiger partial charge < -0.3 is 9.88 Å². The highest BCUT2D eigenvalue weighted by atomic mass is 32.2. The number of rotatable bonds is 8. The van der Waals surface area contributed by atoms with E-state index < -0.39 is 0 Å². The maximum absolute atomic E-state index is 13.2. The first-order valence-corrected chi connectivity index (χ1v) is 10.9. The van der Waals surface area contributed by atoms with E-state index in [0.29, 0.717) is 6.54 Å². The van der Waals surface area contributed by atoms with Crippen LogP contribution in [0, 0.1) is 25.2 Å². The van der Waals surface area contributed by atoms with Gasteiger partial charge in [0, 0.05) is 24.3 Å². The second-order valence-electron chi connectivity index (χ2n) is 7.27. The molecule has 0 spiro atoms. The van der Waals surface area contributed by atoms with E-state index in [2.05, 4.69) is 23.2 Å². The summed E-state index contributed by atoms with van der Waals surface area (Å²) in [5, 5.41) is 9.41. The summed E-state index contributed by atoms with van der Waals surface area (Å²) in [7, 11) is 0. The van der Waals surface area contributed by atoms with Crippen molar-refractivity contribution in [1.29, 1.82) is 5.26 Å². The molecule has 1 heterocycles. The number of benzene rings is 2. The second kappa shape index (κ2) is 10.1. The van der Waals surface area contributed by atoms with E-state index >= 15 is 0 Å². The van der Waals surface area contributed by atoms with E-state index in [1.807, 2.05) is 63.2 Å². The Bertz CT molecular complexity index is 1020. The molecule has 0 bridgehead atoms. The van der Waals surface area contributed by atoms with E-state index in [-0.39, 0.29) is 17.6 Å². The number of H-pyrrole nitrogens is 1. The second-order valence-corrected chi connectivity index (χ2v) is 8.60. The van der Waals surface area contributed by atoms with Crippen molar-refractivity contribution in [3.05, 3.63) is 77.1 Å². The van der Waals surface area contributed by atoms with E-state index in [9.17, 15) is 4.79 Å². The molecule has 6 heteroatoms. The summed E-state index contributed by atoms with van der Waals surface area (Å²) in [5.41, 5.74) is 5.15. The predicted octanol–water partition coefficient (Wildman–Crippen LogP) is 5.04. The van der Waals surface area contributed by atoms with Crippen molar-refractivity contribution in [3.63, 3.8) is 0 Å². The van der Waals surface area contributed by atoms with Gasteiger partial charge in [-0.1, -0.05) is 59.8 Å². The van der Waals surface area contributed by atoms with E-state index in [4.69, 9.17) is 10.2 Å². The summed E-state index contributed by atoms with van der Waals surface area (Å²) in [4.78, 5) is 22.9. The molecule has 0 fully saturated rings. The highest BCUT2D eigenvalue weighted by Gasteiger charge is 2.24. The molecule has 3 aromatic rings. The molecule has 1 atom stereocenters. The predicted molar refractivity (Wildman–Crippen MR) is 122 cm³/mol. The Hall–Kier alpha value is -3.04. The van der Waals surface area contributed by atoms with Crippen molar-refractivity contribution in [1.82, 2.24) is 9.97 Å². The zero-order valence-corrected chi connectivity index (χ0v) is 18.4. The molecule has 1 unspecified atom stereocenters. The van der Waals surface area contributed by atoms with Crippen molar-refractivity contribution >= 4 is 23.4 Å². The lowest BCUT2D eigenvalue weighted by atomic mass is 10.1. The van der Waals surface area contributed by atoms with Crippen LogP contribution in [0.2, 0.25) is 0 Å². The Morgan fingerprint density at radius 3 is 2.53 bits per heavy atom. The van der Waals surface area contributed by atoms with Gasteiger partial charge in [-0.3, -0.25) is 4.79 Å². The van der Waals surface area contributed by atoms with Crippen LogP contribution in [-0.2, 0) is 11.2 Å². The molecule has 0 aliphatic heterocycles. The third-order valence-corrected chi connectivity index (χ3v) is 5.85. The number of hydrogen-bond acceptors (Lipinski definition) is 4. The van der Waals surface area contributed by atoms with E-state index in [0.717, 1.165) is 34.2 Å². The summed E-state index contributed by atoms with van der Waals surface area (Å²) in [6.45, 7) is 6.28. The maximum Gasteiger partial charge on any atom is 0.240 e. The van der Waals surface area contributed by atoms with Crippen LogP contribution < -0.4 is 4.90 Å². The first-order valence-electron chi connectivity index (χ1n) is 9.99. The molecule has 0 radical (unpaired) electrons. The van der Waals surface area contributed by atoms with Gasteiger partial charge in [0.05, 0.1) is 23.4 Å². The minimum Gasteiger partial charge on any atom is -0.337 e. The SMILES string of the molecule is Cc1ccc(N(CCC#N)C(=O)C(C)Sc2nc(Cc3ccccc3)c(C)[nH]2)cc1. The van der Waals surface area contributed by atoms with Crippen LogP contribution in [0.25, 0.3) is 0 Å². The molecule has 154 valence electrons. The summed E-state index contributed by atoms with van der Waals surface area (Å²) in [6, 6.07) is 20.2. The van der Waals surface area contributed by atoms with Gasteiger partial charge in [0.1, 0.15) is 0 Å². The van der Waals surface area contributed by atoms with Crippen LogP contribution in [0.4, 0.5) is 5.69 Å². The van der Waals surface area contributed by atoms with Gasteiger partial charge in [0.2, 0.25) is 5.91 Å². The zero-order valence-electron chi connectivity index (χ0n) is 17.6. The summed E-state index contributed by atoms with van der Waals surface area (Å²) in [5.74, 6) is -0.0298. The first kappa shape index (κ1) is 21.7. The quantitative estimate of drug-likeness (QED) is 0.520. The van der Waals surface area contributed by atoms with Gasteiger partial charge in [-0.2, -0.15) is 5.26 Å².